The van der Waals surface area contributed by atoms with Gasteiger partial charge in [-0.2, -0.15) is 0 Å². The molecule has 0 saturated carbocycles. The van der Waals surface area contributed by atoms with Gasteiger partial charge < -0.3 is 29.5 Å². The number of phenolic OH excluding ortho intramolecular Hbond substituents is 1. The van der Waals surface area contributed by atoms with Gasteiger partial charge in [-0.1, -0.05) is 41.9 Å². The molecule has 10 nitrogen and oxygen atoms in total. The van der Waals surface area contributed by atoms with Crippen LogP contribution in [0.1, 0.15) is 40.9 Å². The van der Waals surface area contributed by atoms with E-state index in [1.807, 2.05) is 17.0 Å². The molecule has 2 N–H and O–H groups in total. The Morgan fingerprint density at radius 1 is 0.913 bits per heavy atom. The second-order valence-electron chi connectivity index (χ2n) is 11.7. The van der Waals surface area contributed by atoms with E-state index in [-0.39, 0.29) is 40.7 Å². The molecule has 2 fully saturated rings. The zero-order chi connectivity index (χ0) is 32.2. The molecule has 46 heavy (non-hydrogen) atoms. The summed E-state index contributed by atoms with van der Waals surface area (Å²) in [6, 6.07) is 19.3. The summed E-state index contributed by atoms with van der Waals surface area (Å²) in [5, 5.41) is 13.2. The van der Waals surface area contributed by atoms with Crippen molar-refractivity contribution in [1.82, 2.24) is 15.1 Å². The Hall–Kier alpha value is -4.83. The predicted octanol–water partition coefficient (Wildman–Crippen LogP) is 4.35. The highest BCUT2D eigenvalue weighted by molar-refractivity contribution is 6.30. The highest BCUT2D eigenvalue weighted by Gasteiger charge is 2.31. The molecule has 0 unspecified atom stereocenters. The van der Waals surface area contributed by atoms with Gasteiger partial charge in [-0.25, -0.2) is 0 Å². The number of para-hydroxylation sites is 1. The Balaban J connectivity index is 1.17. The van der Waals surface area contributed by atoms with Crippen molar-refractivity contribution < 1.29 is 23.9 Å². The number of hydrogen-bond donors (Lipinski definition) is 2. The van der Waals surface area contributed by atoms with Crippen LogP contribution in [0.5, 0.6) is 5.75 Å². The van der Waals surface area contributed by atoms with Crippen LogP contribution in [0.25, 0.3) is 11.0 Å². The summed E-state index contributed by atoms with van der Waals surface area (Å²) in [4.78, 5) is 58.4. The normalized spacial score (nSPS) is 16.0. The zero-order valence-corrected chi connectivity index (χ0v) is 26.0. The summed E-state index contributed by atoms with van der Waals surface area (Å²) in [5.74, 6) is -1.08. The first kappa shape index (κ1) is 31.2. The number of likely N-dealkylation sites (tertiary alicyclic amines) is 1. The van der Waals surface area contributed by atoms with Crippen molar-refractivity contribution in [2.24, 2.45) is 0 Å². The monoisotopic (exact) mass is 642 g/mol. The van der Waals surface area contributed by atoms with Crippen LogP contribution in [0, 0.1) is 0 Å². The van der Waals surface area contributed by atoms with Crippen LogP contribution in [0.4, 0.5) is 5.69 Å². The van der Waals surface area contributed by atoms with Gasteiger partial charge in [-0.3, -0.25) is 19.2 Å². The lowest BCUT2D eigenvalue weighted by molar-refractivity contribution is -0.134. The average Bonchev–Trinajstić information content (AvgIpc) is 3.06. The van der Waals surface area contributed by atoms with Crippen LogP contribution >= 0.6 is 11.6 Å². The van der Waals surface area contributed by atoms with Crippen molar-refractivity contribution in [1.29, 1.82) is 0 Å². The van der Waals surface area contributed by atoms with E-state index in [1.54, 1.807) is 29.2 Å². The molecule has 1 atom stereocenters. The van der Waals surface area contributed by atoms with Crippen LogP contribution < -0.4 is 15.6 Å². The molecule has 6 rings (SSSR count). The van der Waals surface area contributed by atoms with Gasteiger partial charge in [0, 0.05) is 68.9 Å². The first-order valence-corrected chi connectivity index (χ1v) is 15.8. The molecule has 4 aromatic rings. The lowest BCUT2D eigenvalue weighted by Crippen LogP contribution is -2.55. The van der Waals surface area contributed by atoms with Crippen LogP contribution in [0.15, 0.2) is 82.0 Å². The molecule has 11 heteroatoms. The number of rotatable bonds is 8. The van der Waals surface area contributed by atoms with Crippen molar-refractivity contribution in [2.75, 3.05) is 37.6 Å². The second-order valence-corrected chi connectivity index (χ2v) is 12.2. The molecule has 3 heterocycles. The molecule has 2 aliphatic rings. The standard InChI is InChI=1S/C35H35ClN4O6/c36-25-10-8-23(9-11-25)19-28(37-34(44)32-21-30(42)27-20-26(41)12-13-31(27)46-32)35(45)39-17-15-38(16-18-39)29-6-2-1-5-24(29)22-40-14-4-3-7-33(40)43/h1-2,5-6,8-13,20-21,28,41H,3-4,7,14-19,22H2,(H,37,44)/t28-/m1/s1. The fraction of sp³-hybridized carbons (Fsp3) is 0.314. The summed E-state index contributed by atoms with van der Waals surface area (Å²) < 4.78 is 5.69. The molecule has 3 amide bonds. The topological polar surface area (TPSA) is 123 Å². The van der Waals surface area contributed by atoms with E-state index in [1.165, 1.54) is 18.2 Å². The molecule has 0 radical (unpaired) electrons. The van der Waals surface area contributed by atoms with Crippen LogP contribution in [-0.2, 0) is 22.6 Å². The van der Waals surface area contributed by atoms with Gasteiger partial charge in [-0.15, -0.1) is 0 Å². The number of amides is 3. The largest absolute Gasteiger partial charge is 0.508 e. The maximum Gasteiger partial charge on any atom is 0.287 e. The molecule has 3 aromatic carbocycles. The third-order valence-electron chi connectivity index (χ3n) is 8.60. The summed E-state index contributed by atoms with van der Waals surface area (Å²) in [5.41, 5.74) is 2.61. The van der Waals surface area contributed by atoms with Crippen molar-refractivity contribution in [3.8, 4) is 5.75 Å². The Morgan fingerprint density at radius 3 is 2.43 bits per heavy atom. The number of aromatic hydroxyl groups is 1. The molecule has 0 spiro atoms. The molecular weight excluding hydrogens is 608 g/mol. The number of nitrogens with zero attached hydrogens (tertiary/aromatic N) is 3. The SMILES string of the molecule is O=C(N[C@H](Cc1ccc(Cl)cc1)C(=O)N1CCN(c2ccccc2CN2CCCCC2=O)CC1)c1cc(=O)c2cc(O)ccc2o1. The van der Waals surface area contributed by atoms with Gasteiger partial charge >= 0.3 is 0 Å². The molecule has 238 valence electrons. The number of halogens is 1. The number of phenols is 1. The van der Waals surface area contributed by atoms with Gasteiger partial charge in [0.1, 0.15) is 17.4 Å². The molecule has 0 aliphatic carbocycles. The van der Waals surface area contributed by atoms with Crippen molar-refractivity contribution in [3.63, 3.8) is 0 Å². The van der Waals surface area contributed by atoms with Crippen LogP contribution in [0.2, 0.25) is 5.02 Å². The van der Waals surface area contributed by atoms with Crippen LogP contribution in [-0.4, -0.2) is 71.4 Å². The van der Waals surface area contributed by atoms with E-state index in [0.29, 0.717) is 44.2 Å². The minimum atomic E-state index is -0.932. The number of nitrogens with one attached hydrogen (secondary N) is 1. The third-order valence-corrected chi connectivity index (χ3v) is 8.85. The number of piperazine rings is 1. The van der Waals surface area contributed by atoms with E-state index < -0.39 is 17.4 Å². The molecule has 0 bridgehead atoms. The van der Waals surface area contributed by atoms with Crippen molar-refractivity contribution >= 4 is 46.0 Å². The number of benzene rings is 3. The van der Waals surface area contributed by atoms with Crippen LogP contribution in [0.3, 0.4) is 0 Å². The fourth-order valence-corrected chi connectivity index (χ4v) is 6.24. The number of hydrogen-bond acceptors (Lipinski definition) is 7. The number of piperidine rings is 1. The average molecular weight is 643 g/mol. The third kappa shape index (κ3) is 7.02. The first-order valence-electron chi connectivity index (χ1n) is 15.5. The lowest BCUT2D eigenvalue weighted by atomic mass is 10.0. The maximum atomic E-state index is 14.0. The molecule has 2 saturated heterocycles. The van der Waals surface area contributed by atoms with E-state index in [4.69, 9.17) is 16.0 Å². The second kappa shape index (κ2) is 13.7. The van der Waals surface area contributed by atoms with Gasteiger partial charge in [0.25, 0.3) is 5.91 Å². The molecule has 1 aromatic heterocycles. The van der Waals surface area contributed by atoms with E-state index >= 15 is 0 Å². The number of fused-ring (bicyclic) bond motifs is 1. The minimum Gasteiger partial charge on any atom is -0.508 e. The fourth-order valence-electron chi connectivity index (χ4n) is 6.12. The Labute approximate surface area is 271 Å². The Bertz CT molecular complexity index is 1820. The van der Waals surface area contributed by atoms with Gasteiger partial charge in [-0.05, 0) is 60.4 Å². The van der Waals surface area contributed by atoms with Crippen molar-refractivity contribution in [2.45, 2.75) is 38.3 Å². The van der Waals surface area contributed by atoms with Gasteiger partial charge in [0.15, 0.2) is 11.2 Å². The van der Waals surface area contributed by atoms with E-state index in [2.05, 4.69) is 22.3 Å². The Morgan fingerprint density at radius 2 is 1.67 bits per heavy atom. The number of carbonyl (C=O) groups is 3. The van der Waals surface area contributed by atoms with E-state index in [0.717, 1.165) is 42.3 Å². The highest BCUT2D eigenvalue weighted by Crippen LogP contribution is 2.26. The lowest BCUT2D eigenvalue weighted by Gasteiger charge is -2.39. The maximum absolute atomic E-state index is 14.0. The van der Waals surface area contributed by atoms with Crippen molar-refractivity contribution in [3.05, 3.63) is 105 Å². The van der Waals surface area contributed by atoms with Gasteiger partial charge in [0.2, 0.25) is 11.8 Å². The number of carbonyl (C=O) groups excluding carboxylic acids is 3. The van der Waals surface area contributed by atoms with Gasteiger partial charge in [0.05, 0.1) is 5.39 Å². The zero-order valence-electron chi connectivity index (χ0n) is 25.3. The quantitative estimate of drug-likeness (QED) is 0.293. The predicted molar refractivity (Wildman–Crippen MR) is 175 cm³/mol. The summed E-state index contributed by atoms with van der Waals surface area (Å²) in [6.45, 7) is 3.39. The minimum absolute atomic E-state index is 0.0914. The smallest absolute Gasteiger partial charge is 0.287 e. The molecular formula is C35H35ClN4O6. The summed E-state index contributed by atoms with van der Waals surface area (Å²) in [7, 11) is 0. The Kier molecular flexibility index (Phi) is 9.25. The highest BCUT2D eigenvalue weighted by atomic mass is 35.5. The molecule has 2 aliphatic heterocycles. The van der Waals surface area contributed by atoms with E-state index in [9.17, 15) is 24.3 Å². The number of anilines is 1. The summed E-state index contributed by atoms with van der Waals surface area (Å²) >= 11 is 6.08. The summed E-state index contributed by atoms with van der Waals surface area (Å²) in [6.07, 6.45) is 2.75. The first-order chi connectivity index (χ1) is 22.2.